The quantitative estimate of drug-likeness (QED) is 0.539. The topological polar surface area (TPSA) is 81.0 Å². The van der Waals surface area contributed by atoms with Crippen molar-refractivity contribution in [3.05, 3.63) is 65.3 Å². The summed E-state index contributed by atoms with van der Waals surface area (Å²) in [7, 11) is 1.80. The molecule has 0 aliphatic rings. The maximum Gasteiger partial charge on any atom is 0.207 e. The molecule has 0 saturated carbocycles. The summed E-state index contributed by atoms with van der Waals surface area (Å²) in [5.74, 6) is 1.03. The van der Waals surface area contributed by atoms with Crippen LogP contribution in [0.25, 0.3) is 0 Å². The highest BCUT2D eigenvalue weighted by molar-refractivity contribution is 6.29. The average molecular weight is 341 g/mol. The number of rotatable bonds is 4. The van der Waals surface area contributed by atoms with Crippen LogP contribution in [0.1, 0.15) is 5.56 Å². The lowest BCUT2D eigenvalue weighted by Gasteiger charge is -2.10. The number of aromatic nitrogens is 4. The molecule has 3 aromatic rings. The highest BCUT2D eigenvalue weighted by Gasteiger charge is 2.07. The van der Waals surface area contributed by atoms with Crippen molar-refractivity contribution in [2.45, 2.75) is 6.54 Å². The zero-order valence-electron chi connectivity index (χ0n) is 12.8. The molecule has 3 heterocycles. The molecule has 0 aliphatic carbocycles. The SMILES string of the molecule is Cn1cc(Oc2cccn(Cc3ccc(Cl)nc3)c2=NC#N)cn1. The van der Waals surface area contributed by atoms with Gasteiger partial charge in [-0.1, -0.05) is 17.7 Å². The molecule has 0 bridgehead atoms. The molecule has 0 aliphatic heterocycles. The number of pyridine rings is 2. The Kier molecular flexibility index (Phi) is 4.59. The highest BCUT2D eigenvalue weighted by Crippen LogP contribution is 2.16. The van der Waals surface area contributed by atoms with Crippen molar-refractivity contribution in [2.75, 3.05) is 0 Å². The lowest BCUT2D eigenvalue weighted by molar-refractivity contribution is 0.464. The largest absolute Gasteiger partial charge is 0.450 e. The molecule has 3 aromatic heterocycles. The minimum absolute atomic E-state index is 0.416. The van der Waals surface area contributed by atoms with Gasteiger partial charge in [0.1, 0.15) is 5.15 Å². The first-order valence-corrected chi connectivity index (χ1v) is 7.43. The van der Waals surface area contributed by atoms with Gasteiger partial charge in [0.05, 0.1) is 18.9 Å². The molecular formula is C16H13ClN6O. The van der Waals surface area contributed by atoms with Crippen LogP contribution in [0.3, 0.4) is 0 Å². The molecule has 0 atom stereocenters. The smallest absolute Gasteiger partial charge is 0.207 e. The van der Waals surface area contributed by atoms with Gasteiger partial charge in [-0.15, -0.1) is 0 Å². The Morgan fingerprint density at radius 2 is 2.21 bits per heavy atom. The summed E-state index contributed by atoms with van der Waals surface area (Å²) in [4.78, 5) is 7.95. The van der Waals surface area contributed by atoms with Gasteiger partial charge in [-0.2, -0.15) is 15.4 Å². The van der Waals surface area contributed by atoms with E-state index >= 15 is 0 Å². The number of nitrogens with zero attached hydrogens (tertiary/aromatic N) is 6. The van der Waals surface area contributed by atoms with Gasteiger partial charge >= 0.3 is 0 Å². The van der Waals surface area contributed by atoms with E-state index in [9.17, 15) is 0 Å². The van der Waals surface area contributed by atoms with Crippen molar-refractivity contribution in [1.82, 2.24) is 19.3 Å². The minimum atomic E-state index is 0.416. The molecule has 8 heteroatoms. The zero-order valence-corrected chi connectivity index (χ0v) is 13.6. The number of hydrogen-bond donors (Lipinski definition) is 0. The van der Waals surface area contributed by atoms with Crippen LogP contribution >= 0.6 is 11.6 Å². The van der Waals surface area contributed by atoms with E-state index in [4.69, 9.17) is 21.6 Å². The fourth-order valence-electron chi connectivity index (χ4n) is 2.17. The van der Waals surface area contributed by atoms with E-state index in [1.807, 2.05) is 24.5 Å². The van der Waals surface area contributed by atoms with E-state index in [1.54, 1.807) is 47.0 Å². The Hall–Kier alpha value is -3.11. The fourth-order valence-corrected chi connectivity index (χ4v) is 2.28. The summed E-state index contributed by atoms with van der Waals surface area (Å²) in [6, 6.07) is 7.16. The molecule has 0 radical (unpaired) electrons. The number of aryl methyl sites for hydroxylation is 1. The second-order valence-electron chi connectivity index (χ2n) is 4.98. The second-order valence-corrected chi connectivity index (χ2v) is 5.36. The van der Waals surface area contributed by atoms with Crippen LogP contribution in [0.5, 0.6) is 11.5 Å². The van der Waals surface area contributed by atoms with Crippen molar-refractivity contribution in [2.24, 2.45) is 12.0 Å². The van der Waals surface area contributed by atoms with Crippen LogP contribution in [0, 0.1) is 11.5 Å². The molecule has 3 rings (SSSR count). The maximum atomic E-state index is 9.01. The standard InChI is InChI=1S/C16H13ClN6O/c1-22-10-13(8-21-22)24-14-3-2-6-23(16(14)20-11-18)9-12-4-5-15(17)19-7-12/h2-8,10H,9H2,1H3. The number of nitriles is 1. The predicted octanol–water partition coefficient (Wildman–Crippen LogP) is 2.49. The lowest BCUT2D eigenvalue weighted by atomic mass is 10.3. The van der Waals surface area contributed by atoms with Crippen molar-refractivity contribution < 1.29 is 4.74 Å². The normalized spacial score (nSPS) is 11.3. The summed E-state index contributed by atoms with van der Waals surface area (Å²) in [5.41, 5.74) is 1.34. The molecule has 0 aromatic carbocycles. The maximum absolute atomic E-state index is 9.01. The highest BCUT2D eigenvalue weighted by atomic mass is 35.5. The van der Waals surface area contributed by atoms with E-state index in [0.29, 0.717) is 28.7 Å². The van der Waals surface area contributed by atoms with Crippen molar-refractivity contribution in [3.8, 4) is 17.7 Å². The zero-order chi connectivity index (χ0) is 16.9. The molecule has 24 heavy (non-hydrogen) atoms. The summed E-state index contributed by atoms with van der Waals surface area (Å²) in [6.07, 6.45) is 8.64. The third-order valence-electron chi connectivity index (χ3n) is 3.21. The minimum Gasteiger partial charge on any atom is -0.450 e. The molecule has 120 valence electrons. The number of ether oxygens (including phenoxy) is 1. The third-order valence-corrected chi connectivity index (χ3v) is 3.44. The lowest BCUT2D eigenvalue weighted by Crippen LogP contribution is -2.22. The summed E-state index contributed by atoms with van der Waals surface area (Å²) in [6.45, 7) is 0.481. The first kappa shape index (κ1) is 15.8. The number of halogens is 1. The van der Waals surface area contributed by atoms with Gasteiger partial charge in [-0.3, -0.25) is 4.68 Å². The van der Waals surface area contributed by atoms with Crippen LogP contribution in [0.15, 0.2) is 54.0 Å². The van der Waals surface area contributed by atoms with E-state index in [1.165, 1.54) is 0 Å². The average Bonchev–Trinajstić information content (AvgIpc) is 2.98. The molecule has 0 fully saturated rings. The molecule has 0 unspecified atom stereocenters. The van der Waals surface area contributed by atoms with Gasteiger partial charge in [-0.25, -0.2) is 4.98 Å². The summed E-state index contributed by atoms with van der Waals surface area (Å²) >= 11 is 5.81. The van der Waals surface area contributed by atoms with Crippen LogP contribution in [-0.4, -0.2) is 19.3 Å². The van der Waals surface area contributed by atoms with Gasteiger partial charge < -0.3 is 9.30 Å². The van der Waals surface area contributed by atoms with Gasteiger partial charge in [-0.05, 0) is 23.8 Å². The summed E-state index contributed by atoms with van der Waals surface area (Å²) < 4.78 is 9.23. The molecule has 0 saturated heterocycles. The van der Waals surface area contributed by atoms with Crippen LogP contribution in [-0.2, 0) is 13.6 Å². The van der Waals surface area contributed by atoms with Gasteiger partial charge in [0.25, 0.3) is 0 Å². The third kappa shape index (κ3) is 3.62. The monoisotopic (exact) mass is 340 g/mol. The van der Waals surface area contributed by atoms with E-state index in [-0.39, 0.29) is 0 Å². The van der Waals surface area contributed by atoms with Crippen LogP contribution < -0.4 is 10.2 Å². The van der Waals surface area contributed by atoms with Crippen LogP contribution in [0.2, 0.25) is 5.15 Å². The Balaban J connectivity index is 1.97. The van der Waals surface area contributed by atoms with Crippen molar-refractivity contribution in [1.29, 1.82) is 5.26 Å². The van der Waals surface area contributed by atoms with Crippen molar-refractivity contribution in [3.63, 3.8) is 0 Å². The molecular weight excluding hydrogens is 328 g/mol. The molecule has 0 amide bonds. The fraction of sp³-hybridized carbons (Fsp3) is 0.125. The second kappa shape index (κ2) is 6.98. The van der Waals surface area contributed by atoms with Crippen LogP contribution in [0.4, 0.5) is 0 Å². The first-order valence-electron chi connectivity index (χ1n) is 7.05. The molecule has 7 nitrogen and oxygen atoms in total. The summed E-state index contributed by atoms with van der Waals surface area (Å²) in [5, 5.41) is 13.5. The van der Waals surface area contributed by atoms with Gasteiger partial charge in [0.15, 0.2) is 17.0 Å². The first-order chi connectivity index (χ1) is 11.7. The molecule has 0 spiro atoms. The van der Waals surface area contributed by atoms with Crippen molar-refractivity contribution >= 4 is 11.6 Å². The Bertz CT molecular complexity index is 952. The van der Waals surface area contributed by atoms with Gasteiger partial charge in [0.2, 0.25) is 6.19 Å². The van der Waals surface area contributed by atoms with E-state index < -0.39 is 0 Å². The van der Waals surface area contributed by atoms with E-state index in [2.05, 4.69) is 15.1 Å². The van der Waals surface area contributed by atoms with Gasteiger partial charge in [0, 0.05) is 19.4 Å². The predicted molar refractivity (Wildman–Crippen MR) is 87.2 cm³/mol. The Morgan fingerprint density at radius 3 is 2.88 bits per heavy atom. The van der Waals surface area contributed by atoms with E-state index in [0.717, 1.165) is 5.56 Å². The Labute approximate surface area is 143 Å². The number of hydrogen-bond acceptors (Lipinski definition) is 5. The Morgan fingerprint density at radius 1 is 1.33 bits per heavy atom. The molecule has 0 N–H and O–H groups in total.